The molecule has 0 saturated carbocycles. The van der Waals surface area contributed by atoms with E-state index in [4.69, 9.17) is 24.3 Å². The van der Waals surface area contributed by atoms with Crippen LogP contribution in [0.2, 0.25) is 0 Å². The van der Waals surface area contributed by atoms with Crippen LogP contribution < -0.4 is 5.73 Å². The van der Waals surface area contributed by atoms with Gasteiger partial charge in [-0.3, -0.25) is 18.6 Å². The number of phosphoric ester groups is 1. The molecule has 0 aliphatic carbocycles. The molecule has 0 aromatic heterocycles. The molecule has 0 saturated heterocycles. The summed E-state index contributed by atoms with van der Waals surface area (Å²) in [7, 11) is -4.40. The first-order valence-corrected chi connectivity index (χ1v) is 28.9. The first-order chi connectivity index (χ1) is 32.8. The molecule has 0 radical (unpaired) electrons. The number of carbonyl (C=O) groups excluding carboxylic acids is 2. The summed E-state index contributed by atoms with van der Waals surface area (Å²) in [5.74, 6) is -0.893. The highest BCUT2D eigenvalue weighted by Gasteiger charge is 2.26. The van der Waals surface area contributed by atoms with Crippen molar-refractivity contribution < 1.29 is 37.6 Å². The fourth-order valence-electron chi connectivity index (χ4n) is 7.55. The van der Waals surface area contributed by atoms with Crippen molar-refractivity contribution in [3.8, 4) is 0 Å². The molecule has 0 bridgehead atoms. The number of unbranched alkanes of at least 4 members (excludes halogenated alkanes) is 26. The maximum atomic E-state index is 12.6. The van der Waals surface area contributed by atoms with Crippen molar-refractivity contribution in [2.45, 2.75) is 251 Å². The standard InChI is InChI=1S/C57H102NO8P/c1-3-5-7-9-11-13-15-17-19-21-22-23-24-25-26-27-28-29-30-31-32-34-35-37-39-41-43-45-47-49-56(59)63-53-55(54-65-67(61,62)64-52-51-58)66-57(60)50-48-46-44-42-40-38-36-33-20-18-16-14-12-10-8-6-4-2/h6,8,12,14,18,20-22,36,38,42,44,55H,3-5,7,9-11,13,15-17,19,23-35,37,39-41,43,45-54,58H2,1-2H3,(H,61,62)/b8-6-,14-12-,20-18-,22-21-,38-36-,44-42-. The lowest BCUT2D eigenvalue weighted by atomic mass is 10.0. The minimum Gasteiger partial charge on any atom is -0.462 e. The molecule has 10 heteroatoms. The molecule has 9 nitrogen and oxygen atoms in total. The summed E-state index contributed by atoms with van der Waals surface area (Å²) in [6, 6.07) is 0. The molecule has 0 amide bonds. The molecule has 0 aromatic rings. The third kappa shape index (κ3) is 52.7. The molecule has 0 rings (SSSR count). The van der Waals surface area contributed by atoms with Crippen molar-refractivity contribution in [1.82, 2.24) is 0 Å². The van der Waals surface area contributed by atoms with Gasteiger partial charge in [-0.2, -0.15) is 0 Å². The zero-order valence-corrected chi connectivity index (χ0v) is 44.0. The molecule has 0 aliphatic rings. The maximum absolute atomic E-state index is 12.6. The van der Waals surface area contributed by atoms with Crippen LogP contribution in [0, 0.1) is 0 Å². The number of ether oxygens (including phenoxy) is 2. The van der Waals surface area contributed by atoms with E-state index in [-0.39, 0.29) is 32.6 Å². The molecule has 2 atom stereocenters. The molecule has 0 fully saturated rings. The van der Waals surface area contributed by atoms with Crippen LogP contribution in [0.3, 0.4) is 0 Å². The topological polar surface area (TPSA) is 134 Å². The fraction of sp³-hybridized carbons (Fsp3) is 0.754. The summed E-state index contributed by atoms with van der Waals surface area (Å²) < 4.78 is 32.9. The molecule has 3 N–H and O–H groups in total. The Balaban J connectivity index is 3.98. The van der Waals surface area contributed by atoms with Gasteiger partial charge < -0.3 is 20.1 Å². The Morgan fingerprint density at radius 1 is 0.463 bits per heavy atom. The number of nitrogens with two attached hydrogens (primary N) is 1. The van der Waals surface area contributed by atoms with E-state index < -0.39 is 32.5 Å². The second kappa shape index (κ2) is 52.8. The molecule has 0 aromatic carbocycles. The lowest BCUT2D eigenvalue weighted by Crippen LogP contribution is -2.29. The van der Waals surface area contributed by atoms with Gasteiger partial charge in [0.15, 0.2) is 6.10 Å². The summed E-state index contributed by atoms with van der Waals surface area (Å²) in [6.45, 7) is 3.57. The molecule has 0 aliphatic heterocycles. The second-order valence-corrected chi connectivity index (χ2v) is 19.5. The third-order valence-electron chi connectivity index (χ3n) is 11.6. The Bertz CT molecular complexity index is 1320. The lowest BCUT2D eigenvalue weighted by Gasteiger charge is -2.19. The summed E-state index contributed by atoms with van der Waals surface area (Å²) in [5.41, 5.74) is 5.36. The smallest absolute Gasteiger partial charge is 0.462 e. The van der Waals surface area contributed by atoms with Gasteiger partial charge >= 0.3 is 19.8 Å². The normalized spacial score (nSPS) is 13.7. The van der Waals surface area contributed by atoms with Crippen LogP contribution in [-0.2, 0) is 32.7 Å². The Kier molecular flexibility index (Phi) is 50.8. The zero-order chi connectivity index (χ0) is 48.8. The SMILES string of the molecule is CC/C=C\C/C=C\C/C=C\C/C=C\C/C=C\CCCC(=O)OC(COC(=O)CCCCCCCCCCCCCCCCCCC/C=C\CCCCCCCCCC)COP(=O)(O)OCCN. The van der Waals surface area contributed by atoms with Gasteiger partial charge in [0.25, 0.3) is 0 Å². The van der Waals surface area contributed by atoms with Crippen LogP contribution in [-0.4, -0.2) is 49.3 Å². The number of allylic oxidation sites excluding steroid dienone is 12. The molecular weight excluding hydrogens is 858 g/mol. The van der Waals surface area contributed by atoms with Crippen LogP contribution in [0.5, 0.6) is 0 Å². The highest BCUT2D eigenvalue weighted by atomic mass is 31.2. The minimum atomic E-state index is -4.40. The van der Waals surface area contributed by atoms with Gasteiger partial charge in [0, 0.05) is 19.4 Å². The minimum absolute atomic E-state index is 0.0421. The largest absolute Gasteiger partial charge is 0.472 e. The van der Waals surface area contributed by atoms with Crippen molar-refractivity contribution in [1.29, 1.82) is 0 Å². The Morgan fingerprint density at radius 3 is 1.28 bits per heavy atom. The van der Waals surface area contributed by atoms with Crippen LogP contribution >= 0.6 is 7.82 Å². The van der Waals surface area contributed by atoms with Crippen LogP contribution in [0.25, 0.3) is 0 Å². The van der Waals surface area contributed by atoms with E-state index in [0.29, 0.717) is 12.8 Å². The van der Waals surface area contributed by atoms with E-state index in [1.54, 1.807) is 0 Å². The zero-order valence-electron chi connectivity index (χ0n) is 43.1. The van der Waals surface area contributed by atoms with Crippen LogP contribution in [0.1, 0.15) is 245 Å². The van der Waals surface area contributed by atoms with Gasteiger partial charge in [0.2, 0.25) is 0 Å². The van der Waals surface area contributed by atoms with Crippen LogP contribution in [0.4, 0.5) is 0 Å². The molecule has 388 valence electrons. The first-order valence-electron chi connectivity index (χ1n) is 27.4. The van der Waals surface area contributed by atoms with Gasteiger partial charge in [-0.1, -0.05) is 228 Å². The van der Waals surface area contributed by atoms with E-state index in [0.717, 1.165) is 51.4 Å². The summed E-state index contributed by atoms with van der Waals surface area (Å²) in [5, 5.41) is 0. The van der Waals surface area contributed by atoms with Crippen molar-refractivity contribution in [3.63, 3.8) is 0 Å². The highest BCUT2D eigenvalue weighted by molar-refractivity contribution is 7.47. The molecule has 0 spiro atoms. The number of rotatable bonds is 51. The van der Waals surface area contributed by atoms with E-state index in [2.05, 4.69) is 80.7 Å². The van der Waals surface area contributed by atoms with Crippen molar-refractivity contribution in [2.75, 3.05) is 26.4 Å². The fourth-order valence-corrected chi connectivity index (χ4v) is 8.31. The third-order valence-corrected chi connectivity index (χ3v) is 12.6. The van der Waals surface area contributed by atoms with Crippen molar-refractivity contribution >= 4 is 19.8 Å². The van der Waals surface area contributed by atoms with Gasteiger partial charge in [-0.05, 0) is 77.0 Å². The Hall–Kier alpha value is -2.55. The predicted octanol–water partition coefficient (Wildman–Crippen LogP) is 17.0. The van der Waals surface area contributed by atoms with E-state index in [1.165, 1.54) is 154 Å². The average Bonchev–Trinajstić information content (AvgIpc) is 3.32. The molecule has 67 heavy (non-hydrogen) atoms. The Labute approximate surface area is 411 Å². The quantitative estimate of drug-likeness (QED) is 0.0264. The maximum Gasteiger partial charge on any atom is 0.472 e. The number of esters is 2. The number of hydrogen-bond donors (Lipinski definition) is 2. The van der Waals surface area contributed by atoms with E-state index in [1.807, 2.05) is 6.08 Å². The molecular formula is C57H102NO8P. The monoisotopic (exact) mass is 960 g/mol. The number of hydrogen-bond acceptors (Lipinski definition) is 8. The van der Waals surface area contributed by atoms with Crippen molar-refractivity contribution in [3.05, 3.63) is 72.9 Å². The Morgan fingerprint density at radius 2 is 0.836 bits per heavy atom. The summed E-state index contributed by atoms with van der Waals surface area (Å²) >= 11 is 0. The van der Waals surface area contributed by atoms with E-state index in [9.17, 15) is 19.0 Å². The first kappa shape index (κ1) is 64.5. The van der Waals surface area contributed by atoms with Gasteiger partial charge in [0.05, 0.1) is 13.2 Å². The van der Waals surface area contributed by atoms with E-state index >= 15 is 0 Å². The number of phosphoric acid groups is 1. The van der Waals surface area contributed by atoms with Gasteiger partial charge in [-0.15, -0.1) is 0 Å². The highest BCUT2D eigenvalue weighted by Crippen LogP contribution is 2.43. The van der Waals surface area contributed by atoms with Gasteiger partial charge in [-0.25, -0.2) is 4.57 Å². The average molecular weight is 960 g/mol. The predicted molar refractivity (Wildman–Crippen MR) is 284 cm³/mol. The van der Waals surface area contributed by atoms with Crippen LogP contribution in [0.15, 0.2) is 72.9 Å². The van der Waals surface area contributed by atoms with Gasteiger partial charge in [0.1, 0.15) is 6.61 Å². The molecule has 2 unspecified atom stereocenters. The summed E-state index contributed by atoms with van der Waals surface area (Å²) in [4.78, 5) is 35.0. The van der Waals surface area contributed by atoms with Crippen molar-refractivity contribution in [2.24, 2.45) is 5.73 Å². The lowest BCUT2D eigenvalue weighted by molar-refractivity contribution is -0.161. The second-order valence-electron chi connectivity index (χ2n) is 18.1. The molecule has 0 heterocycles. The number of carbonyl (C=O) groups is 2. The summed E-state index contributed by atoms with van der Waals surface area (Å²) in [6.07, 6.45) is 66.9.